The van der Waals surface area contributed by atoms with Crippen LogP contribution in [0, 0.1) is 0 Å². The molecule has 0 saturated carbocycles. The Bertz CT molecular complexity index is 565. The van der Waals surface area contributed by atoms with Gasteiger partial charge in [-0.1, -0.05) is 11.6 Å². The lowest BCUT2D eigenvalue weighted by Crippen LogP contribution is -2.19. The lowest BCUT2D eigenvalue weighted by molar-refractivity contribution is -0.136. The summed E-state index contributed by atoms with van der Waals surface area (Å²) >= 11 is 5.86. The molecule has 2 nitrogen and oxygen atoms in total. The summed E-state index contributed by atoms with van der Waals surface area (Å²) < 4.78 is 42.3. The van der Waals surface area contributed by atoms with Gasteiger partial charge in [0.2, 0.25) is 0 Å². The summed E-state index contributed by atoms with van der Waals surface area (Å²) in [6.07, 6.45) is -5.08. The van der Waals surface area contributed by atoms with Crippen molar-refractivity contribution in [1.82, 2.24) is 5.32 Å². The molecule has 0 saturated heterocycles. The molecule has 0 aliphatic carbocycles. The van der Waals surface area contributed by atoms with Crippen LogP contribution in [0.5, 0.6) is 0 Å². The van der Waals surface area contributed by atoms with Crippen molar-refractivity contribution in [2.75, 3.05) is 7.05 Å². The first-order chi connectivity index (χ1) is 8.89. The van der Waals surface area contributed by atoms with Crippen molar-refractivity contribution in [3.05, 3.63) is 35.0 Å². The Hall–Kier alpha value is -1.20. The van der Waals surface area contributed by atoms with E-state index in [2.05, 4.69) is 5.32 Å². The third kappa shape index (κ3) is 3.64. The molecule has 19 heavy (non-hydrogen) atoms. The minimum Gasteiger partial charge on any atom is -0.459 e. The van der Waals surface area contributed by atoms with Crippen LogP contribution in [0.25, 0.3) is 11.0 Å². The Morgan fingerprint density at radius 2 is 2.05 bits per heavy atom. The third-order valence-corrected chi connectivity index (χ3v) is 3.14. The van der Waals surface area contributed by atoms with Crippen LogP contribution in [0.2, 0.25) is 5.02 Å². The number of alkyl halides is 3. The van der Waals surface area contributed by atoms with Crippen LogP contribution >= 0.6 is 11.6 Å². The highest BCUT2D eigenvalue weighted by Gasteiger charge is 2.29. The monoisotopic (exact) mass is 291 g/mol. The topological polar surface area (TPSA) is 25.2 Å². The van der Waals surface area contributed by atoms with Crippen molar-refractivity contribution in [1.29, 1.82) is 0 Å². The zero-order valence-electron chi connectivity index (χ0n) is 10.2. The largest absolute Gasteiger partial charge is 0.459 e. The van der Waals surface area contributed by atoms with E-state index in [1.165, 1.54) is 0 Å². The van der Waals surface area contributed by atoms with Crippen LogP contribution in [0.1, 0.15) is 24.6 Å². The van der Waals surface area contributed by atoms with Crippen LogP contribution in [-0.2, 0) is 0 Å². The molecular weight excluding hydrogens is 279 g/mol. The van der Waals surface area contributed by atoms with Gasteiger partial charge in [0.15, 0.2) is 0 Å². The second-order valence-electron chi connectivity index (χ2n) is 4.33. The molecule has 1 aromatic carbocycles. The van der Waals surface area contributed by atoms with Gasteiger partial charge in [0.05, 0.1) is 6.04 Å². The molecule has 1 atom stereocenters. The van der Waals surface area contributed by atoms with Crippen LogP contribution in [-0.4, -0.2) is 13.2 Å². The number of halogens is 4. The molecule has 0 aliphatic heterocycles. The van der Waals surface area contributed by atoms with Gasteiger partial charge in [-0.05, 0) is 37.7 Å². The number of nitrogens with one attached hydrogen (secondary N) is 1. The predicted molar refractivity (Wildman–Crippen MR) is 68.3 cm³/mol. The molecule has 1 N–H and O–H groups in total. The Morgan fingerprint density at radius 1 is 1.32 bits per heavy atom. The van der Waals surface area contributed by atoms with Gasteiger partial charge in [-0.3, -0.25) is 0 Å². The molecule has 2 aromatic rings. The molecule has 6 heteroatoms. The molecular formula is C13H13ClF3NO. The maximum atomic E-state index is 12.2. The van der Waals surface area contributed by atoms with Crippen LogP contribution < -0.4 is 5.32 Å². The Labute approximate surface area is 113 Å². The SMILES string of the molecule is CNC(CCC(F)(F)F)c1cc2cc(Cl)ccc2o1. The molecule has 0 fully saturated rings. The summed E-state index contributed by atoms with van der Waals surface area (Å²) in [6.45, 7) is 0. The average molecular weight is 292 g/mol. The van der Waals surface area contributed by atoms with Gasteiger partial charge in [-0.15, -0.1) is 0 Å². The molecule has 0 spiro atoms. The molecule has 1 unspecified atom stereocenters. The molecule has 1 aromatic heterocycles. The van der Waals surface area contributed by atoms with Gasteiger partial charge in [-0.25, -0.2) is 0 Å². The summed E-state index contributed by atoms with van der Waals surface area (Å²) in [7, 11) is 1.61. The predicted octanol–water partition coefficient (Wildman–Crippen LogP) is 4.69. The first-order valence-electron chi connectivity index (χ1n) is 5.82. The molecule has 0 radical (unpaired) electrons. The van der Waals surface area contributed by atoms with Crippen molar-refractivity contribution in [3.8, 4) is 0 Å². The highest BCUT2D eigenvalue weighted by molar-refractivity contribution is 6.31. The quantitative estimate of drug-likeness (QED) is 0.884. The van der Waals surface area contributed by atoms with E-state index in [4.69, 9.17) is 16.0 Å². The van der Waals surface area contributed by atoms with E-state index in [1.54, 1.807) is 31.3 Å². The maximum absolute atomic E-state index is 12.2. The zero-order valence-corrected chi connectivity index (χ0v) is 11.0. The van der Waals surface area contributed by atoms with E-state index >= 15 is 0 Å². The van der Waals surface area contributed by atoms with Crippen LogP contribution in [0.3, 0.4) is 0 Å². The van der Waals surface area contributed by atoms with Gasteiger partial charge in [0.25, 0.3) is 0 Å². The fourth-order valence-electron chi connectivity index (χ4n) is 1.94. The lowest BCUT2D eigenvalue weighted by atomic mass is 10.1. The van der Waals surface area contributed by atoms with Crippen molar-refractivity contribution in [2.45, 2.75) is 25.1 Å². The maximum Gasteiger partial charge on any atom is 0.389 e. The highest BCUT2D eigenvalue weighted by atomic mass is 35.5. The normalized spacial score (nSPS) is 13.9. The van der Waals surface area contributed by atoms with E-state index in [0.29, 0.717) is 16.4 Å². The van der Waals surface area contributed by atoms with Crippen molar-refractivity contribution in [2.24, 2.45) is 0 Å². The Morgan fingerprint density at radius 3 is 2.68 bits per heavy atom. The number of fused-ring (bicyclic) bond motifs is 1. The Kier molecular flexibility index (Phi) is 4.06. The fraction of sp³-hybridized carbons (Fsp3) is 0.385. The second-order valence-corrected chi connectivity index (χ2v) is 4.76. The van der Waals surface area contributed by atoms with Gasteiger partial charge in [0, 0.05) is 16.8 Å². The molecule has 0 bridgehead atoms. The van der Waals surface area contributed by atoms with Crippen molar-refractivity contribution >= 4 is 22.6 Å². The lowest BCUT2D eigenvalue weighted by Gasteiger charge is -2.14. The van der Waals surface area contributed by atoms with Gasteiger partial charge >= 0.3 is 6.18 Å². The first kappa shape index (κ1) is 14.2. The number of hydrogen-bond acceptors (Lipinski definition) is 2. The Balaban J connectivity index is 2.20. The number of furan rings is 1. The van der Waals surface area contributed by atoms with E-state index in [-0.39, 0.29) is 6.42 Å². The van der Waals surface area contributed by atoms with E-state index in [1.807, 2.05) is 0 Å². The number of hydrogen-bond donors (Lipinski definition) is 1. The van der Waals surface area contributed by atoms with Gasteiger partial charge in [0.1, 0.15) is 11.3 Å². The molecule has 1 heterocycles. The summed E-state index contributed by atoms with van der Waals surface area (Å²) in [4.78, 5) is 0. The molecule has 0 aliphatic rings. The minimum atomic E-state index is -4.16. The number of rotatable bonds is 4. The summed E-state index contributed by atoms with van der Waals surface area (Å²) in [6, 6.07) is 6.37. The fourth-order valence-corrected chi connectivity index (χ4v) is 2.12. The van der Waals surface area contributed by atoms with E-state index < -0.39 is 18.6 Å². The second kappa shape index (κ2) is 5.43. The number of benzene rings is 1. The average Bonchev–Trinajstić information content (AvgIpc) is 2.71. The molecule has 104 valence electrons. The van der Waals surface area contributed by atoms with Crippen molar-refractivity contribution in [3.63, 3.8) is 0 Å². The summed E-state index contributed by atoms with van der Waals surface area (Å²) in [5.41, 5.74) is 0.617. The zero-order chi connectivity index (χ0) is 14.0. The van der Waals surface area contributed by atoms with Crippen LogP contribution in [0.4, 0.5) is 13.2 Å². The summed E-state index contributed by atoms with van der Waals surface area (Å²) in [5, 5.41) is 4.19. The van der Waals surface area contributed by atoms with Crippen LogP contribution in [0.15, 0.2) is 28.7 Å². The smallest absolute Gasteiger partial charge is 0.389 e. The first-order valence-corrected chi connectivity index (χ1v) is 6.20. The molecule has 0 amide bonds. The minimum absolute atomic E-state index is 0.0620. The van der Waals surface area contributed by atoms with Gasteiger partial charge in [-0.2, -0.15) is 13.2 Å². The molecule has 2 rings (SSSR count). The van der Waals surface area contributed by atoms with Gasteiger partial charge < -0.3 is 9.73 Å². The highest BCUT2D eigenvalue weighted by Crippen LogP contribution is 2.31. The standard InChI is InChI=1S/C13H13ClF3NO/c1-18-10(4-5-13(15,16)17)12-7-8-6-9(14)2-3-11(8)19-12/h2-3,6-7,10,18H,4-5H2,1H3. The third-order valence-electron chi connectivity index (χ3n) is 2.91. The summed E-state index contributed by atoms with van der Waals surface area (Å²) in [5.74, 6) is 0.490. The van der Waals surface area contributed by atoms with E-state index in [9.17, 15) is 13.2 Å². The van der Waals surface area contributed by atoms with E-state index in [0.717, 1.165) is 5.39 Å². The van der Waals surface area contributed by atoms with Crippen molar-refractivity contribution < 1.29 is 17.6 Å².